The smallest absolute Gasteiger partial charge is 0.108 e. The van der Waals surface area contributed by atoms with E-state index in [1.54, 1.807) is 0 Å². The molecule has 1 saturated heterocycles. The number of piperazine rings is 1. The van der Waals surface area contributed by atoms with Crippen LogP contribution in [0.3, 0.4) is 0 Å². The molecule has 2 heterocycles. The van der Waals surface area contributed by atoms with Crippen molar-refractivity contribution in [1.29, 1.82) is 0 Å². The fourth-order valence-corrected chi connectivity index (χ4v) is 2.63. The minimum Gasteiger partial charge on any atom is -0.338 e. The van der Waals surface area contributed by atoms with E-state index in [1.807, 2.05) is 19.4 Å². The van der Waals surface area contributed by atoms with E-state index in [9.17, 15) is 0 Å². The van der Waals surface area contributed by atoms with Crippen LogP contribution >= 0.6 is 0 Å². The van der Waals surface area contributed by atoms with Crippen molar-refractivity contribution in [3.8, 4) is 0 Å². The summed E-state index contributed by atoms with van der Waals surface area (Å²) >= 11 is 0. The van der Waals surface area contributed by atoms with Crippen LogP contribution < -0.4 is 5.73 Å². The molecular formula is C13H25N5. The fourth-order valence-electron chi connectivity index (χ4n) is 2.63. The molecule has 5 heteroatoms. The molecule has 0 amide bonds. The highest BCUT2D eigenvalue weighted by Crippen LogP contribution is 2.12. The van der Waals surface area contributed by atoms with E-state index in [-0.39, 0.29) is 6.04 Å². The van der Waals surface area contributed by atoms with Gasteiger partial charge in [-0.1, -0.05) is 0 Å². The second-order valence-corrected chi connectivity index (χ2v) is 5.47. The zero-order chi connectivity index (χ0) is 13.1. The molecule has 2 rings (SSSR count). The van der Waals surface area contributed by atoms with Gasteiger partial charge in [0.05, 0.1) is 0 Å². The molecule has 102 valence electrons. The lowest BCUT2D eigenvalue weighted by molar-refractivity contribution is 0.0952. The Labute approximate surface area is 110 Å². The van der Waals surface area contributed by atoms with E-state index in [1.165, 1.54) is 0 Å². The molecule has 1 aliphatic heterocycles. The van der Waals surface area contributed by atoms with Gasteiger partial charge in [0.25, 0.3) is 0 Å². The first kappa shape index (κ1) is 13.5. The highest BCUT2D eigenvalue weighted by molar-refractivity contribution is 4.94. The van der Waals surface area contributed by atoms with Gasteiger partial charge in [0, 0.05) is 57.6 Å². The summed E-state index contributed by atoms with van der Waals surface area (Å²) in [5, 5.41) is 0. The second kappa shape index (κ2) is 5.82. The summed E-state index contributed by atoms with van der Waals surface area (Å²) < 4.78 is 2.07. The third-order valence-electron chi connectivity index (χ3n) is 4.02. The van der Waals surface area contributed by atoms with Gasteiger partial charge in [0.2, 0.25) is 0 Å². The molecule has 0 aromatic carbocycles. The average Bonchev–Trinajstić information content (AvgIpc) is 2.75. The Hall–Kier alpha value is -0.910. The molecule has 18 heavy (non-hydrogen) atoms. The fraction of sp³-hybridized carbons (Fsp3) is 0.769. The summed E-state index contributed by atoms with van der Waals surface area (Å²) in [5.41, 5.74) is 6.36. The maximum absolute atomic E-state index is 6.36. The predicted molar refractivity (Wildman–Crippen MR) is 73.4 cm³/mol. The quantitative estimate of drug-likeness (QED) is 0.813. The van der Waals surface area contributed by atoms with Crippen LogP contribution in [0.15, 0.2) is 12.4 Å². The first-order valence-electron chi connectivity index (χ1n) is 6.68. The number of rotatable bonds is 4. The van der Waals surface area contributed by atoms with E-state index in [4.69, 9.17) is 5.73 Å². The van der Waals surface area contributed by atoms with Crippen molar-refractivity contribution >= 4 is 0 Å². The lowest BCUT2D eigenvalue weighted by atomic mass is 10.00. The number of imidazole rings is 1. The molecule has 1 aliphatic rings. The van der Waals surface area contributed by atoms with E-state index in [0.29, 0.717) is 6.04 Å². The SMILES string of the molecule is CN1CCN(C)C(C(N)CCc2nccn2C)C1. The minimum absolute atomic E-state index is 0.217. The van der Waals surface area contributed by atoms with Gasteiger partial charge in [-0.2, -0.15) is 0 Å². The molecule has 1 aromatic rings. The third-order valence-corrected chi connectivity index (χ3v) is 4.02. The Morgan fingerprint density at radius 1 is 1.39 bits per heavy atom. The van der Waals surface area contributed by atoms with Gasteiger partial charge in [0.15, 0.2) is 0 Å². The van der Waals surface area contributed by atoms with E-state index in [2.05, 4.69) is 33.4 Å². The topological polar surface area (TPSA) is 50.3 Å². The Morgan fingerprint density at radius 2 is 2.17 bits per heavy atom. The summed E-state index contributed by atoms with van der Waals surface area (Å²) in [7, 11) is 6.39. The van der Waals surface area contributed by atoms with Crippen molar-refractivity contribution in [1.82, 2.24) is 19.4 Å². The van der Waals surface area contributed by atoms with Gasteiger partial charge >= 0.3 is 0 Å². The molecule has 2 N–H and O–H groups in total. The van der Waals surface area contributed by atoms with Crippen molar-refractivity contribution in [2.24, 2.45) is 12.8 Å². The van der Waals surface area contributed by atoms with Crippen LogP contribution in [0.5, 0.6) is 0 Å². The number of hydrogen-bond donors (Lipinski definition) is 1. The van der Waals surface area contributed by atoms with Crippen LogP contribution in [-0.4, -0.2) is 65.2 Å². The average molecular weight is 251 g/mol. The van der Waals surface area contributed by atoms with Gasteiger partial charge < -0.3 is 15.2 Å². The number of hydrogen-bond acceptors (Lipinski definition) is 4. The number of nitrogens with two attached hydrogens (primary N) is 1. The summed E-state index contributed by atoms with van der Waals surface area (Å²) in [6, 6.07) is 0.679. The van der Waals surface area contributed by atoms with Crippen molar-refractivity contribution in [3.63, 3.8) is 0 Å². The van der Waals surface area contributed by atoms with Gasteiger partial charge in [-0.3, -0.25) is 4.90 Å². The Balaban J connectivity index is 1.87. The summed E-state index contributed by atoms with van der Waals surface area (Å²) in [5.74, 6) is 1.12. The first-order valence-corrected chi connectivity index (χ1v) is 6.68. The normalized spacial score (nSPS) is 24.3. The largest absolute Gasteiger partial charge is 0.338 e. The second-order valence-electron chi connectivity index (χ2n) is 5.47. The number of aromatic nitrogens is 2. The summed E-state index contributed by atoms with van der Waals surface area (Å²) in [4.78, 5) is 9.11. The maximum atomic E-state index is 6.36. The zero-order valence-electron chi connectivity index (χ0n) is 11.7. The number of aryl methyl sites for hydroxylation is 2. The van der Waals surface area contributed by atoms with Gasteiger partial charge in [-0.15, -0.1) is 0 Å². The van der Waals surface area contributed by atoms with Crippen LogP contribution in [-0.2, 0) is 13.5 Å². The maximum Gasteiger partial charge on any atom is 0.108 e. The molecule has 5 nitrogen and oxygen atoms in total. The zero-order valence-corrected chi connectivity index (χ0v) is 11.7. The van der Waals surface area contributed by atoms with Gasteiger partial charge in [0.1, 0.15) is 5.82 Å². The monoisotopic (exact) mass is 251 g/mol. The molecule has 0 radical (unpaired) electrons. The van der Waals surface area contributed by atoms with Crippen LogP contribution in [0.2, 0.25) is 0 Å². The molecule has 0 aliphatic carbocycles. The van der Waals surface area contributed by atoms with Crippen LogP contribution in [0.1, 0.15) is 12.2 Å². The van der Waals surface area contributed by atoms with Crippen LogP contribution in [0.25, 0.3) is 0 Å². The predicted octanol–water partition coefficient (Wildman–Crippen LogP) is -0.0742. The Bertz CT molecular complexity index is 375. The molecule has 0 bridgehead atoms. The van der Waals surface area contributed by atoms with Gasteiger partial charge in [-0.05, 0) is 20.5 Å². The third kappa shape index (κ3) is 3.10. The molecular weight excluding hydrogens is 226 g/mol. The molecule has 2 unspecified atom stereocenters. The molecule has 1 fully saturated rings. The molecule has 0 spiro atoms. The molecule has 1 aromatic heterocycles. The lowest BCUT2D eigenvalue weighted by Gasteiger charge is -2.40. The van der Waals surface area contributed by atoms with Gasteiger partial charge in [-0.25, -0.2) is 4.98 Å². The van der Waals surface area contributed by atoms with E-state index in [0.717, 1.165) is 38.3 Å². The lowest BCUT2D eigenvalue weighted by Crippen LogP contribution is -2.57. The highest BCUT2D eigenvalue weighted by atomic mass is 15.3. The van der Waals surface area contributed by atoms with Crippen LogP contribution in [0.4, 0.5) is 0 Å². The van der Waals surface area contributed by atoms with Crippen LogP contribution in [0, 0.1) is 0 Å². The van der Waals surface area contributed by atoms with Crippen molar-refractivity contribution < 1.29 is 0 Å². The first-order chi connectivity index (χ1) is 8.58. The number of nitrogens with zero attached hydrogens (tertiary/aromatic N) is 4. The van der Waals surface area contributed by atoms with Crippen molar-refractivity contribution in [3.05, 3.63) is 18.2 Å². The minimum atomic E-state index is 0.217. The molecule has 2 atom stereocenters. The summed E-state index contributed by atoms with van der Waals surface area (Å²) in [6.07, 6.45) is 5.79. The van der Waals surface area contributed by atoms with Crippen molar-refractivity contribution in [2.75, 3.05) is 33.7 Å². The Kier molecular flexibility index (Phi) is 4.37. The Morgan fingerprint density at radius 3 is 2.83 bits per heavy atom. The summed E-state index contributed by atoms with van der Waals surface area (Å²) in [6.45, 7) is 3.31. The van der Waals surface area contributed by atoms with E-state index >= 15 is 0 Å². The highest BCUT2D eigenvalue weighted by Gasteiger charge is 2.27. The van der Waals surface area contributed by atoms with E-state index < -0.39 is 0 Å². The standard InChI is InChI=1S/C13H25N5/c1-16-8-9-17(2)12(10-16)11(14)4-5-13-15-6-7-18(13)3/h6-7,11-12H,4-5,8-10,14H2,1-3H3. The molecule has 0 saturated carbocycles. The van der Waals surface area contributed by atoms with Crippen molar-refractivity contribution in [2.45, 2.75) is 24.9 Å². The number of likely N-dealkylation sites (N-methyl/N-ethyl adjacent to an activating group) is 2.